The van der Waals surface area contributed by atoms with Gasteiger partial charge in [-0.15, -0.1) is 0 Å². The van der Waals surface area contributed by atoms with E-state index in [4.69, 9.17) is 5.11 Å². The van der Waals surface area contributed by atoms with Crippen LogP contribution in [-0.4, -0.2) is 65.9 Å². The van der Waals surface area contributed by atoms with Crippen molar-refractivity contribution < 1.29 is 33.3 Å². The lowest BCUT2D eigenvalue weighted by molar-refractivity contribution is -0.118. The monoisotopic (exact) mass is 477 g/mol. The average Bonchev–Trinajstić information content (AvgIpc) is 2.84. The summed E-state index contributed by atoms with van der Waals surface area (Å²) in [5.74, 6) is -1.34. The molecule has 1 saturated heterocycles. The summed E-state index contributed by atoms with van der Waals surface area (Å²) in [7, 11) is 0. The standard InChI is InChI=1S/C24H26F3N3O4/c25-24(26,27)21(18(12-28)23(34)29-13-19(32)20(33)14-31)17-9-8-15-6-2-3-7-16(15)22(17)30-10-4-1-5-11-30/h2-3,6-9,19-20,31-33H,1,4-5,10-11,13-14H2,(H,29,34)/b21-18-. The van der Waals surface area contributed by atoms with E-state index in [2.05, 4.69) is 5.32 Å². The number of carbonyl (C=O) groups excluding carboxylic acids is 1. The van der Waals surface area contributed by atoms with Gasteiger partial charge in [-0.25, -0.2) is 0 Å². The predicted octanol–water partition coefficient (Wildman–Crippen LogP) is 2.50. The largest absolute Gasteiger partial charge is 0.418 e. The Labute approximate surface area is 194 Å². The first-order valence-electron chi connectivity index (χ1n) is 10.9. The molecule has 7 nitrogen and oxygen atoms in total. The quantitative estimate of drug-likeness (QED) is 0.360. The molecule has 0 radical (unpaired) electrons. The van der Waals surface area contributed by atoms with Crippen molar-refractivity contribution in [3.8, 4) is 6.07 Å². The van der Waals surface area contributed by atoms with Crippen LogP contribution in [0.2, 0.25) is 0 Å². The van der Waals surface area contributed by atoms with Gasteiger partial charge in [0.05, 0.1) is 24.0 Å². The summed E-state index contributed by atoms with van der Waals surface area (Å²) in [5, 5.41) is 41.0. The molecule has 0 spiro atoms. The molecular formula is C24H26F3N3O4. The Bertz CT molecular complexity index is 1100. The minimum absolute atomic E-state index is 0.268. The molecule has 1 fully saturated rings. The second-order valence-corrected chi connectivity index (χ2v) is 8.12. The summed E-state index contributed by atoms with van der Waals surface area (Å²) in [5.41, 5.74) is -2.46. The van der Waals surface area contributed by atoms with Crippen molar-refractivity contribution in [2.24, 2.45) is 0 Å². The number of nitriles is 1. The van der Waals surface area contributed by atoms with E-state index in [0.29, 0.717) is 24.2 Å². The van der Waals surface area contributed by atoms with Gasteiger partial charge in [-0.3, -0.25) is 4.79 Å². The lowest BCUT2D eigenvalue weighted by Gasteiger charge is -2.32. The second kappa shape index (κ2) is 10.9. The molecule has 3 rings (SSSR count). The number of fused-ring (bicyclic) bond motifs is 1. The Kier molecular flexibility index (Phi) is 8.15. The summed E-state index contributed by atoms with van der Waals surface area (Å²) in [6.45, 7) is -0.355. The van der Waals surface area contributed by atoms with Crippen molar-refractivity contribution in [2.75, 3.05) is 31.1 Å². The van der Waals surface area contributed by atoms with Crippen LogP contribution in [0.5, 0.6) is 0 Å². The highest BCUT2D eigenvalue weighted by atomic mass is 19.4. The van der Waals surface area contributed by atoms with Gasteiger partial charge < -0.3 is 25.5 Å². The lowest BCUT2D eigenvalue weighted by atomic mass is 9.92. The lowest BCUT2D eigenvalue weighted by Crippen LogP contribution is -2.41. The first-order valence-corrected chi connectivity index (χ1v) is 10.9. The van der Waals surface area contributed by atoms with E-state index < -0.39 is 48.6 Å². The number of anilines is 1. The summed E-state index contributed by atoms with van der Waals surface area (Å²) in [6, 6.07) is 11.2. The van der Waals surface area contributed by atoms with Crippen molar-refractivity contribution in [1.29, 1.82) is 5.26 Å². The highest BCUT2D eigenvalue weighted by Crippen LogP contribution is 2.44. The molecule has 182 valence electrons. The molecule has 4 N–H and O–H groups in total. The maximum atomic E-state index is 14.4. The van der Waals surface area contributed by atoms with E-state index in [1.165, 1.54) is 18.2 Å². The van der Waals surface area contributed by atoms with Crippen LogP contribution in [0.25, 0.3) is 16.3 Å². The van der Waals surface area contributed by atoms with Crippen molar-refractivity contribution in [3.05, 3.63) is 47.5 Å². The number of alkyl halides is 3. The van der Waals surface area contributed by atoms with E-state index in [0.717, 1.165) is 24.6 Å². The van der Waals surface area contributed by atoms with Crippen LogP contribution >= 0.6 is 0 Å². The molecule has 2 unspecified atom stereocenters. The van der Waals surface area contributed by atoms with E-state index in [9.17, 15) is 33.4 Å². The van der Waals surface area contributed by atoms with Crippen LogP contribution in [0.1, 0.15) is 24.8 Å². The first kappa shape index (κ1) is 25.5. The van der Waals surface area contributed by atoms with E-state index in [1.807, 2.05) is 4.90 Å². The number of benzene rings is 2. The number of hydrogen-bond donors (Lipinski definition) is 4. The fraction of sp³-hybridized carbons (Fsp3) is 0.417. The molecule has 1 aliphatic heterocycles. The number of aliphatic hydroxyl groups is 3. The predicted molar refractivity (Wildman–Crippen MR) is 121 cm³/mol. The van der Waals surface area contributed by atoms with Gasteiger partial charge in [0.1, 0.15) is 17.7 Å². The van der Waals surface area contributed by atoms with Gasteiger partial charge in [0.2, 0.25) is 0 Å². The van der Waals surface area contributed by atoms with Crippen molar-refractivity contribution in [1.82, 2.24) is 5.32 Å². The van der Waals surface area contributed by atoms with E-state index >= 15 is 0 Å². The second-order valence-electron chi connectivity index (χ2n) is 8.12. The highest BCUT2D eigenvalue weighted by Gasteiger charge is 2.41. The van der Waals surface area contributed by atoms with Gasteiger partial charge in [-0.1, -0.05) is 36.4 Å². The maximum Gasteiger partial charge on any atom is 0.418 e. The zero-order chi connectivity index (χ0) is 24.9. The summed E-state index contributed by atoms with van der Waals surface area (Å²) in [6.07, 6.45) is -5.66. The number of rotatable bonds is 7. The topological polar surface area (TPSA) is 117 Å². The SMILES string of the molecule is N#C/C(C(=O)NCC(O)C(O)CO)=C(\c1ccc2ccccc2c1N1CCCCC1)C(F)(F)F. The zero-order valence-corrected chi connectivity index (χ0v) is 18.3. The molecule has 0 saturated carbocycles. The van der Waals surface area contributed by atoms with Crippen molar-refractivity contribution >= 4 is 27.9 Å². The smallest absolute Gasteiger partial charge is 0.394 e. The Hall–Kier alpha value is -3.13. The molecule has 2 atom stereocenters. The normalized spacial score (nSPS) is 17.0. The van der Waals surface area contributed by atoms with E-state index in [1.54, 1.807) is 24.3 Å². The molecule has 1 aliphatic rings. The van der Waals surface area contributed by atoms with E-state index in [-0.39, 0.29) is 5.56 Å². The third kappa shape index (κ3) is 5.50. The minimum atomic E-state index is -5.03. The third-order valence-corrected chi connectivity index (χ3v) is 5.82. The van der Waals surface area contributed by atoms with Crippen molar-refractivity contribution in [2.45, 2.75) is 37.6 Å². The van der Waals surface area contributed by atoms with Gasteiger partial charge in [-0.05, 0) is 24.6 Å². The molecule has 1 amide bonds. The summed E-state index contributed by atoms with van der Waals surface area (Å²) >= 11 is 0. The van der Waals surface area contributed by atoms with Crippen LogP contribution in [-0.2, 0) is 4.79 Å². The fourth-order valence-corrected chi connectivity index (χ4v) is 4.11. The number of aliphatic hydroxyl groups excluding tert-OH is 3. The minimum Gasteiger partial charge on any atom is -0.394 e. The molecule has 0 bridgehead atoms. The van der Waals surface area contributed by atoms with Crippen LogP contribution < -0.4 is 10.2 Å². The highest BCUT2D eigenvalue weighted by molar-refractivity contribution is 6.09. The summed E-state index contributed by atoms with van der Waals surface area (Å²) < 4.78 is 43.2. The third-order valence-electron chi connectivity index (χ3n) is 5.82. The average molecular weight is 477 g/mol. The Morgan fingerprint density at radius 1 is 1.09 bits per heavy atom. The van der Waals surface area contributed by atoms with Crippen LogP contribution in [0.4, 0.5) is 18.9 Å². The first-order chi connectivity index (χ1) is 16.2. The Morgan fingerprint density at radius 2 is 1.76 bits per heavy atom. The van der Waals surface area contributed by atoms with Crippen molar-refractivity contribution in [3.63, 3.8) is 0 Å². The van der Waals surface area contributed by atoms with Crippen LogP contribution in [0.3, 0.4) is 0 Å². The van der Waals surface area contributed by atoms with Gasteiger partial charge >= 0.3 is 6.18 Å². The number of piperidine rings is 1. The number of allylic oxidation sites excluding steroid dienone is 1. The molecule has 1 heterocycles. The number of halogens is 3. The van der Waals surface area contributed by atoms with Gasteiger partial charge in [0, 0.05) is 30.6 Å². The van der Waals surface area contributed by atoms with Crippen LogP contribution in [0, 0.1) is 11.3 Å². The molecule has 0 aliphatic carbocycles. The molecule has 2 aromatic rings. The summed E-state index contributed by atoms with van der Waals surface area (Å²) in [4.78, 5) is 14.5. The maximum absolute atomic E-state index is 14.4. The molecule has 34 heavy (non-hydrogen) atoms. The number of hydrogen-bond acceptors (Lipinski definition) is 6. The number of nitrogens with zero attached hydrogens (tertiary/aromatic N) is 2. The molecule has 10 heteroatoms. The number of carbonyl (C=O) groups is 1. The molecular weight excluding hydrogens is 451 g/mol. The fourth-order valence-electron chi connectivity index (χ4n) is 4.11. The number of amides is 1. The van der Waals surface area contributed by atoms with Gasteiger partial charge in [-0.2, -0.15) is 18.4 Å². The zero-order valence-electron chi connectivity index (χ0n) is 18.3. The van der Waals surface area contributed by atoms with Gasteiger partial charge in [0.25, 0.3) is 5.91 Å². The Balaban J connectivity index is 2.17. The number of nitrogens with one attached hydrogen (secondary N) is 1. The van der Waals surface area contributed by atoms with Crippen LogP contribution in [0.15, 0.2) is 42.0 Å². The molecule has 0 aromatic heterocycles. The van der Waals surface area contributed by atoms with Gasteiger partial charge in [0.15, 0.2) is 0 Å². The Morgan fingerprint density at radius 3 is 2.38 bits per heavy atom. The molecule has 2 aromatic carbocycles.